The Balaban J connectivity index is 2.46. The summed E-state index contributed by atoms with van der Waals surface area (Å²) in [5.41, 5.74) is 2.02. The smallest absolute Gasteiger partial charge is 0.185 e. The van der Waals surface area contributed by atoms with Crippen molar-refractivity contribution >= 4 is 11.9 Å². The third-order valence-electron chi connectivity index (χ3n) is 5.39. The predicted molar refractivity (Wildman–Crippen MR) is 132 cm³/mol. The van der Waals surface area contributed by atoms with Crippen molar-refractivity contribution in [2.45, 2.75) is 58.8 Å². The van der Waals surface area contributed by atoms with Crippen LogP contribution in [0.4, 0.5) is 0 Å². The van der Waals surface area contributed by atoms with Crippen LogP contribution in [-0.2, 0) is 5.41 Å². The number of hydrogen-bond donors (Lipinski definition) is 1. The largest absolute Gasteiger partial charge is 0.508 e. The van der Waals surface area contributed by atoms with E-state index in [0.29, 0.717) is 24.5 Å². The van der Waals surface area contributed by atoms with E-state index in [1.807, 2.05) is 18.2 Å². The van der Waals surface area contributed by atoms with Gasteiger partial charge in [0.05, 0.1) is 13.2 Å². The molecule has 0 aliphatic carbocycles. The Bertz CT molecular complexity index is 923. The van der Waals surface area contributed by atoms with Gasteiger partial charge in [-0.3, -0.25) is 4.79 Å². The van der Waals surface area contributed by atoms with E-state index in [2.05, 4.69) is 34.3 Å². The topological polar surface area (TPSA) is 55.8 Å². The summed E-state index contributed by atoms with van der Waals surface area (Å²) in [5, 5.41) is 9.45. The highest BCUT2D eigenvalue weighted by atomic mass is 16.5. The van der Waals surface area contributed by atoms with E-state index >= 15 is 0 Å². The van der Waals surface area contributed by atoms with Gasteiger partial charge in [-0.05, 0) is 55.3 Å². The number of rotatable bonds is 13. The van der Waals surface area contributed by atoms with Crippen molar-refractivity contribution < 1.29 is 19.4 Å². The average molecular weight is 437 g/mol. The molecule has 2 aromatic carbocycles. The molecule has 4 heteroatoms. The van der Waals surface area contributed by atoms with Crippen molar-refractivity contribution in [3.8, 4) is 17.2 Å². The van der Waals surface area contributed by atoms with Crippen molar-refractivity contribution in [3.63, 3.8) is 0 Å². The lowest BCUT2D eigenvalue weighted by molar-refractivity contribution is 0.104. The zero-order valence-electron chi connectivity index (χ0n) is 19.8. The van der Waals surface area contributed by atoms with Crippen LogP contribution >= 0.6 is 0 Å². The number of phenols is 1. The highest BCUT2D eigenvalue weighted by Crippen LogP contribution is 2.38. The molecule has 172 valence electrons. The molecule has 0 saturated carbocycles. The van der Waals surface area contributed by atoms with Crippen LogP contribution in [0.25, 0.3) is 6.08 Å². The van der Waals surface area contributed by atoms with Crippen molar-refractivity contribution in [1.29, 1.82) is 0 Å². The molecule has 0 unspecified atom stereocenters. The lowest BCUT2D eigenvalue weighted by Gasteiger charge is -2.25. The Morgan fingerprint density at radius 2 is 1.59 bits per heavy atom. The van der Waals surface area contributed by atoms with Gasteiger partial charge in [-0.1, -0.05) is 46.6 Å². The number of unbranched alkanes of at least 4 members (excludes halogenated alkanes) is 2. The van der Waals surface area contributed by atoms with Gasteiger partial charge in [-0.25, -0.2) is 0 Å². The molecule has 2 aromatic rings. The molecule has 0 radical (unpaired) electrons. The molecule has 0 amide bonds. The van der Waals surface area contributed by atoms with Crippen LogP contribution in [0.5, 0.6) is 17.2 Å². The van der Waals surface area contributed by atoms with Gasteiger partial charge in [-0.2, -0.15) is 0 Å². The highest BCUT2D eigenvalue weighted by molar-refractivity contribution is 6.07. The Kier molecular flexibility index (Phi) is 9.58. The summed E-state index contributed by atoms with van der Waals surface area (Å²) >= 11 is 0. The molecule has 0 aromatic heterocycles. The van der Waals surface area contributed by atoms with Crippen molar-refractivity contribution in [2.75, 3.05) is 13.2 Å². The van der Waals surface area contributed by atoms with Gasteiger partial charge in [0, 0.05) is 28.2 Å². The number of carbonyl (C=O) groups is 1. The van der Waals surface area contributed by atoms with Crippen LogP contribution in [0, 0.1) is 0 Å². The molecule has 0 saturated heterocycles. The van der Waals surface area contributed by atoms with Gasteiger partial charge in [0.2, 0.25) is 0 Å². The minimum atomic E-state index is -0.312. The van der Waals surface area contributed by atoms with Gasteiger partial charge in [0.1, 0.15) is 17.2 Å². The summed E-state index contributed by atoms with van der Waals surface area (Å²) in [7, 11) is 0. The Labute approximate surface area is 192 Å². The van der Waals surface area contributed by atoms with E-state index in [4.69, 9.17) is 9.47 Å². The minimum absolute atomic E-state index is 0.132. The third kappa shape index (κ3) is 7.01. The summed E-state index contributed by atoms with van der Waals surface area (Å²) in [6.45, 7) is 13.7. The van der Waals surface area contributed by atoms with Crippen LogP contribution < -0.4 is 9.47 Å². The number of benzene rings is 2. The molecule has 0 atom stereocenters. The minimum Gasteiger partial charge on any atom is -0.508 e. The predicted octanol–water partition coefficient (Wildman–Crippen LogP) is 7.11. The third-order valence-corrected chi connectivity index (χ3v) is 5.39. The Morgan fingerprint density at radius 3 is 2.16 bits per heavy atom. The molecule has 0 spiro atoms. The molecule has 0 aliphatic heterocycles. The lowest BCUT2D eigenvalue weighted by Crippen LogP contribution is -2.16. The monoisotopic (exact) mass is 436 g/mol. The molecular weight excluding hydrogens is 400 g/mol. The Hall–Kier alpha value is -3.01. The Morgan fingerprint density at radius 1 is 1.00 bits per heavy atom. The van der Waals surface area contributed by atoms with Gasteiger partial charge < -0.3 is 14.6 Å². The van der Waals surface area contributed by atoms with Crippen LogP contribution in [-0.4, -0.2) is 24.1 Å². The number of hydrogen-bond acceptors (Lipinski definition) is 4. The fourth-order valence-electron chi connectivity index (χ4n) is 3.11. The number of allylic oxidation sites excluding steroid dienone is 2. The van der Waals surface area contributed by atoms with Crippen LogP contribution in [0.1, 0.15) is 74.9 Å². The quantitative estimate of drug-likeness (QED) is 0.157. The highest BCUT2D eigenvalue weighted by Gasteiger charge is 2.23. The van der Waals surface area contributed by atoms with Crippen molar-refractivity contribution in [1.82, 2.24) is 0 Å². The fraction of sp³-hybridized carbons (Fsp3) is 0.393. The standard InChI is InChI=1S/C28H36O4/c1-6-9-17-31-26-20-27(32-18-10-7-2)24(28(4,5)8-3)19-22(26)13-16-25(30)21-11-14-23(29)15-12-21/h8,11-16,19-20,29H,3,6-7,9-10,17-18H2,1-2,4-5H3/b16-13+. The van der Waals surface area contributed by atoms with E-state index in [-0.39, 0.29) is 16.9 Å². The van der Waals surface area contributed by atoms with Crippen LogP contribution in [0.2, 0.25) is 0 Å². The maximum absolute atomic E-state index is 12.6. The van der Waals surface area contributed by atoms with E-state index in [1.54, 1.807) is 18.2 Å². The van der Waals surface area contributed by atoms with Gasteiger partial charge in [0.15, 0.2) is 5.78 Å². The van der Waals surface area contributed by atoms with Gasteiger partial charge in [-0.15, -0.1) is 6.58 Å². The maximum Gasteiger partial charge on any atom is 0.185 e. The second-order valence-electron chi connectivity index (χ2n) is 8.46. The van der Waals surface area contributed by atoms with E-state index < -0.39 is 0 Å². The zero-order valence-corrected chi connectivity index (χ0v) is 19.8. The number of phenolic OH excluding ortho intramolecular Hbond substituents is 1. The molecule has 4 nitrogen and oxygen atoms in total. The number of ketones is 1. The molecule has 0 aliphatic rings. The zero-order chi connectivity index (χ0) is 23.6. The molecule has 0 bridgehead atoms. The summed E-state index contributed by atoms with van der Waals surface area (Å²) in [6.07, 6.45) is 9.24. The number of carbonyl (C=O) groups excluding carboxylic acids is 1. The SMILES string of the molecule is C=CC(C)(C)c1cc(/C=C/C(=O)c2ccc(O)cc2)c(OCCCC)cc1OCCCC. The first-order valence-electron chi connectivity index (χ1n) is 11.4. The first-order valence-corrected chi connectivity index (χ1v) is 11.4. The van der Waals surface area contributed by atoms with Crippen LogP contribution in [0.15, 0.2) is 55.1 Å². The molecule has 0 fully saturated rings. The molecule has 32 heavy (non-hydrogen) atoms. The van der Waals surface area contributed by atoms with Gasteiger partial charge >= 0.3 is 0 Å². The van der Waals surface area contributed by atoms with E-state index in [0.717, 1.165) is 42.6 Å². The molecular formula is C28H36O4. The van der Waals surface area contributed by atoms with Crippen LogP contribution in [0.3, 0.4) is 0 Å². The first-order chi connectivity index (χ1) is 15.3. The second-order valence-corrected chi connectivity index (χ2v) is 8.46. The van der Waals surface area contributed by atoms with Crippen molar-refractivity contribution in [3.05, 3.63) is 71.8 Å². The first kappa shape index (κ1) is 25.3. The number of ether oxygens (including phenoxy) is 2. The lowest BCUT2D eigenvalue weighted by atomic mass is 9.83. The summed E-state index contributed by atoms with van der Waals surface area (Å²) in [5.74, 6) is 1.48. The van der Waals surface area contributed by atoms with Crippen molar-refractivity contribution in [2.24, 2.45) is 0 Å². The van der Waals surface area contributed by atoms with E-state index in [9.17, 15) is 9.90 Å². The van der Waals surface area contributed by atoms with E-state index in [1.165, 1.54) is 18.2 Å². The molecule has 1 N–H and O–H groups in total. The average Bonchev–Trinajstić information content (AvgIpc) is 2.78. The summed E-state index contributed by atoms with van der Waals surface area (Å²) in [4.78, 5) is 12.6. The molecule has 0 heterocycles. The maximum atomic E-state index is 12.6. The summed E-state index contributed by atoms with van der Waals surface area (Å²) < 4.78 is 12.2. The van der Waals surface area contributed by atoms with Gasteiger partial charge in [0.25, 0.3) is 0 Å². The molecule has 2 rings (SSSR count). The summed E-state index contributed by atoms with van der Waals surface area (Å²) in [6, 6.07) is 10.2. The number of aromatic hydroxyl groups is 1. The normalized spacial score (nSPS) is 11.5. The fourth-order valence-corrected chi connectivity index (χ4v) is 3.11. The second kappa shape index (κ2) is 12.1.